The fraction of sp³-hybridized carbons (Fsp3) is 0.286. The van der Waals surface area contributed by atoms with Gasteiger partial charge in [0.05, 0.1) is 12.4 Å². The molecule has 1 aliphatic heterocycles. The van der Waals surface area contributed by atoms with E-state index >= 15 is 0 Å². The summed E-state index contributed by atoms with van der Waals surface area (Å²) in [4.78, 5) is 12.4. The van der Waals surface area contributed by atoms with E-state index in [1.54, 1.807) is 0 Å². The van der Waals surface area contributed by atoms with Gasteiger partial charge in [-0.3, -0.25) is 0 Å². The van der Waals surface area contributed by atoms with Crippen molar-refractivity contribution in [1.29, 1.82) is 0 Å². The van der Waals surface area contributed by atoms with Crippen molar-refractivity contribution in [3.63, 3.8) is 0 Å². The van der Waals surface area contributed by atoms with E-state index in [-0.39, 0.29) is 0 Å². The first-order valence-corrected chi connectivity index (χ1v) is 6.55. The lowest BCUT2D eigenvalue weighted by atomic mass is 10.2. The van der Waals surface area contributed by atoms with Crippen LogP contribution in [0.15, 0.2) is 36.7 Å². The van der Waals surface area contributed by atoms with E-state index in [0.29, 0.717) is 5.95 Å². The molecule has 1 fully saturated rings. The average molecular weight is 273 g/mol. The first-order chi connectivity index (χ1) is 9.72. The molecule has 0 bridgehead atoms. The maximum Gasteiger partial charge on any atom is 0.225 e. The molecule has 6 heteroatoms. The number of aromatic nitrogens is 2. The molecule has 20 heavy (non-hydrogen) atoms. The number of anilines is 3. The molecule has 1 aromatic carbocycles. The third-order valence-corrected chi connectivity index (χ3v) is 3.43. The zero-order valence-electron chi connectivity index (χ0n) is 11.0. The normalized spacial score (nSPS) is 15.4. The van der Waals surface area contributed by atoms with Crippen molar-refractivity contribution in [2.75, 3.05) is 41.7 Å². The summed E-state index contributed by atoms with van der Waals surface area (Å²) in [5.41, 5.74) is 7.63. The van der Waals surface area contributed by atoms with Gasteiger partial charge in [-0.15, -0.1) is 0 Å². The van der Waals surface area contributed by atoms with Crippen LogP contribution in [0.25, 0.3) is 0 Å². The highest BCUT2D eigenvalue weighted by Crippen LogP contribution is 2.19. The summed E-state index contributed by atoms with van der Waals surface area (Å²) in [6.45, 7) is 3.39. The van der Waals surface area contributed by atoms with Crippen molar-refractivity contribution >= 4 is 17.3 Å². The lowest BCUT2D eigenvalue weighted by molar-refractivity contribution is 0.602. The lowest BCUT2D eigenvalue weighted by Gasteiger charge is -2.36. The summed E-state index contributed by atoms with van der Waals surface area (Å²) < 4.78 is 12.8. The van der Waals surface area contributed by atoms with Crippen molar-refractivity contribution in [3.8, 4) is 0 Å². The predicted octanol–water partition coefficient (Wildman–Crippen LogP) is 1.52. The highest BCUT2D eigenvalue weighted by molar-refractivity contribution is 5.54. The molecule has 0 unspecified atom stereocenters. The van der Waals surface area contributed by atoms with Crippen LogP contribution in [0.5, 0.6) is 0 Å². The molecule has 0 radical (unpaired) electrons. The third-order valence-electron chi connectivity index (χ3n) is 3.43. The monoisotopic (exact) mass is 273 g/mol. The maximum atomic E-state index is 12.8. The van der Waals surface area contributed by atoms with Gasteiger partial charge in [-0.25, -0.2) is 14.4 Å². The maximum absolute atomic E-state index is 12.8. The molecule has 0 spiro atoms. The summed E-state index contributed by atoms with van der Waals surface area (Å²) in [7, 11) is 0. The molecule has 0 aliphatic carbocycles. The van der Waals surface area contributed by atoms with Gasteiger partial charge in [0.2, 0.25) is 5.95 Å². The first kappa shape index (κ1) is 12.7. The number of hydrogen-bond donors (Lipinski definition) is 1. The summed E-state index contributed by atoms with van der Waals surface area (Å²) >= 11 is 0. The van der Waals surface area contributed by atoms with Gasteiger partial charge in [0, 0.05) is 37.6 Å². The largest absolute Gasteiger partial charge is 0.399 e. The van der Waals surface area contributed by atoms with Crippen LogP contribution in [-0.4, -0.2) is 36.1 Å². The number of halogens is 1. The van der Waals surface area contributed by atoms with Crippen LogP contribution in [0, 0.1) is 5.82 Å². The Labute approximate surface area is 116 Å². The van der Waals surface area contributed by atoms with Crippen LogP contribution in [0.4, 0.5) is 21.7 Å². The molecule has 1 saturated heterocycles. The Morgan fingerprint density at radius 3 is 2.05 bits per heavy atom. The lowest BCUT2D eigenvalue weighted by Crippen LogP contribution is -2.47. The summed E-state index contributed by atoms with van der Waals surface area (Å²) in [6, 6.07) is 7.87. The molecule has 1 aromatic heterocycles. The van der Waals surface area contributed by atoms with Gasteiger partial charge in [-0.2, -0.15) is 0 Å². The number of nitrogens with zero attached hydrogens (tertiary/aromatic N) is 4. The molecule has 5 nitrogen and oxygen atoms in total. The predicted molar refractivity (Wildman–Crippen MR) is 77.3 cm³/mol. The van der Waals surface area contributed by atoms with Crippen molar-refractivity contribution < 1.29 is 4.39 Å². The van der Waals surface area contributed by atoms with E-state index in [1.807, 2.05) is 24.3 Å². The Bertz CT molecular complexity index is 508. The summed E-state index contributed by atoms with van der Waals surface area (Å²) in [5, 5.41) is 0. The average Bonchev–Trinajstić information content (AvgIpc) is 2.49. The minimum atomic E-state index is -0.408. The quantitative estimate of drug-likeness (QED) is 0.841. The van der Waals surface area contributed by atoms with Crippen molar-refractivity contribution in [2.24, 2.45) is 0 Å². The number of hydrogen-bond acceptors (Lipinski definition) is 5. The smallest absolute Gasteiger partial charge is 0.225 e. The second kappa shape index (κ2) is 5.32. The first-order valence-electron chi connectivity index (χ1n) is 6.55. The van der Waals surface area contributed by atoms with Crippen molar-refractivity contribution in [2.45, 2.75) is 0 Å². The van der Waals surface area contributed by atoms with E-state index in [9.17, 15) is 4.39 Å². The van der Waals surface area contributed by atoms with E-state index in [1.165, 1.54) is 18.1 Å². The molecule has 2 aromatic rings. The van der Waals surface area contributed by atoms with Gasteiger partial charge in [0.15, 0.2) is 5.82 Å². The van der Waals surface area contributed by atoms with Crippen LogP contribution >= 0.6 is 0 Å². The van der Waals surface area contributed by atoms with E-state index in [0.717, 1.165) is 31.9 Å². The molecule has 0 saturated carbocycles. The van der Waals surface area contributed by atoms with Crippen LogP contribution in [0.1, 0.15) is 0 Å². The number of nitrogen functional groups attached to an aromatic ring is 1. The zero-order chi connectivity index (χ0) is 13.9. The fourth-order valence-electron chi connectivity index (χ4n) is 2.32. The molecular weight excluding hydrogens is 257 g/mol. The molecule has 2 N–H and O–H groups in total. The molecule has 0 atom stereocenters. The Balaban J connectivity index is 1.64. The Hall–Kier alpha value is -2.37. The van der Waals surface area contributed by atoms with Gasteiger partial charge in [0.25, 0.3) is 0 Å². The third kappa shape index (κ3) is 2.64. The van der Waals surface area contributed by atoms with Crippen molar-refractivity contribution in [1.82, 2.24) is 9.97 Å². The second-order valence-corrected chi connectivity index (χ2v) is 4.77. The molecule has 1 aliphatic rings. The number of piperazine rings is 1. The van der Waals surface area contributed by atoms with E-state index in [2.05, 4.69) is 19.8 Å². The fourth-order valence-corrected chi connectivity index (χ4v) is 2.32. The second-order valence-electron chi connectivity index (χ2n) is 4.77. The van der Waals surface area contributed by atoms with E-state index in [4.69, 9.17) is 5.73 Å². The summed E-state index contributed by atoms with van der Waals surface area (Å²) in [6.07, 6.45) is 2.41. The molecule has 0 amide bonds. The van der Waals surface area contributed by atoms with Crippen LogP contribution < -0.4 is 15.5 Å². The minimum absolute atomic E-state index is 0.408. The van der Waals surface area contributed by atoms with Gasteiger partial charge in [-0.05, 0) is 24.3 Å². The number of benzene rings is 1. The SMILES string of the molecule is Nc1ccc(N2CCN(c3ncc(F)cn3)CC2)cc1. The topological polar surface area (TPSA) is 58.3 Å². The van der Waals surface area contributed by atoms with Crippen LogP contribution in [0.2, 0.25) is 0 Å². The van der Waals surface area contributed by atoms with Crippen molar-refractivity contribution in [3.05, 3.63) is 42.5 Å². The van der Waals surface area contributed by atoms with E-state index < -0.39 is 5.82 Å². The van der Waals surface area contributed by atoms with Crippen LogP contribution in [0.3, 0.4) is 0 Å². The Kier molecular flexibility index (Phi) is 3.37. The molecular formula is C14H16FN5. The molecule has 2 heterocycles. The molecule has 104 valence electrons. The Morgan fingerprint density at radius 1 is 0.900 bits per heavy atom. The van der Waals surface area contributed by atoms with Gasteiger partial charge >= 0.3 is 0 Å². The summed E-state index contributed by atoms with van der Waals surface area (Å²) in [5.74, 6) is 0.178. The molecule has 3 rings (SSSR count). The number of rotatable bonds is 2. The van der Waals surface area contributed by atoms with Gasteiger partial charge in [-0.1, -0.05) is 0 Å². The number of nitrogens with two attached hydrogens (primary N) is 1. The highest BCUT2D eigenvalue weighted by Gasteiger charge is 2.19. The highest BCUT2D eigenvalue weighted by atomic mass is 19.1. The zero-order valence-corrected chi connectivity index (χ0v) is 11.0. The van der Waals surface area contributed by atoms with Gasteiger partial charge < -0.3 is 15.5 Å². The minimum Gasteiger partial charge on any atom is -0.399 e. The van der Waals surface area contributed by atoms with Gasteiger partial charge in [0.1, 0.15) is 0 Å². The van der Waals surface area contributed by atoms with Crippen LogP contribution in [-0.2, 0) is 0 Å². The standard InChI is InChI=1S/C14H16FN5/c15-11-9-17-14(18-10-11)20-7-5-19(6-8-20)13-3-1-12(16)2-4-13/h1-4,9-10H,5-8,16H2. The Morgan fingerprint density at radius 2 is 1.45 bits per heavy atom.